The number of halogens is 1. The van der Waals surface area contributed by atoms with Gasteiger partial charge in [0.25, 0.3) is 11.8 Å². The maximum Gasteiger partial charge on any atom is 0.285 e. The predicted octanol–water partition coefficient (Wildman–Crippen LogP) is 4.83. The third kappa shape index (κ3) is 3.69. The number of thioether (sulfide) groups is 1. The van der Waals surface area contributed by atoms with Gasteiger partial charge in [0, 0.05) is 15.3 Å². The van der Waals surface area contributed by atoms with Gasteiger partial charge in [-0.2, -0.15) is 5.01 Å². The number of amides is 2. The highest BCUT2D eigenvalue weighted by atomic mass is 35.5. The van der Waals surface area contributed by atoms with E-state index in [9.17, 15) is 9.59 Å². The van der Waals surface area contributed by atoms with Crippen molar-refractivity contribution < 1.29 is 9.59 Å². The molecular formula is C19H15ClN2O2S3. The summed E-state index contributed by atoms with van der Waals surface area (Å²) < 4.78 is 0.302. The molecule has 4 rings (SSSR count). The highest BCUT2D eigenvalue weighted by molar-refractivity contribution is 8.26. The average molecular weight is 435 g/mol. The van der Waals surface area contributed by atoms with Crippen LogP contribution in [-0.4, -0.2) is 21.1 Å². The van der Waals surface area contributed by atoms with E-state index < -0.39 is 0 Å². The lowest BCUT2D eigenvalue weighted by atomic mass is 9.96. The minimum absolute atomic E-state index is 0.287. The topological polar surface area (TPSA) is 49.4 Å². The Balaban J connectivity index is 1.54. The van der Waals surface area contributed by atoms with Crippen molar-refractivity contribution in [1.82, 2.24) is 10.4 Å². The van der Waals surface area contributed by atoms with Crippen molar-refractivity contribution in [3.63, 3.8) is 0 Å². The first-order valence-corrected chi connectivity index (χ1v) is 11.0. The first-order chi connectivity index (χ1) is 13.0. The Kier molecular flexibility index (Phi) is 5.36. The molecule has 1 fully saturated rings. The second-order valence-electron chi connectivity index (χ2n) is 6.24. The number of benzene rings is 1. The lowest BCUT2D eigenvalue weighted by Gasteiger charge is -2.17. The molecule has 2 heterocycles. The van der Waals surface area contributed by atoms with Crippen molar-refractivity contribution in [2.75, 3.05) is 0 Å². The molecule has 1 saturated heterocycles. The van der Waals surface area contributed by atoms with Gasteiger partial charge in [0.15, 0.2) is 4.32 Å². The third-order valence-electron chi connectivity index (χ3n) is 4.50. The number of hydrazine groups is 1. The zero-order valence-electron chi connectivity index (χ0n) is 14.2. The van der Waals surface area contributed by atoms with Crippen LogP contribution in [0, 0.1) is 0 Å². The fraction of sp³-hybridized carbons (Fsp3) is 0.211. The van der Waals surface area contributed by atoms with E-state index in [-0.39, 0.29) is 11.8 Å². The van der Waals surface area contributed by atoms with E-state index in [0.29, 0.717) is 19.8 Å². The zero-order chi connectivity index (χ0) is 19.0. The third-order valence-corrected chi connectivity index (χ3v) is 7.24. The molecule has 1 N–H and O–H groups in total. The van der Waals surface area contributed by atoms with Crippen molar-refractivity contribution in [3.05, 3.63) is 61.1 Å². The number of aryl methyl sites for hydroxylation is 1. The van der Waals surface area contributed by atoms with Gasteiger partial charge in [-0.1, -0.05) is 41.6 Å². The minimum Gasteiger partial charge on any atom is -0.267 e. The van der Waals surface area contributed by atoms with Crippen LogP contribution < -0.4 is 5.43 Å². The second-order valence-corrected chi connectivity index (χ2v) is 9.28. The maximum absolute atomic E-state index is 12.7. The monoisotopic (exact) mass is 434 g/mol. The number of carbonyl (C=O) groups excluding carboxylic acids is 2. The Bertz CT molecular complexity index is 983. The lowest BCUT2D eigenvalue weighted by molar-refractivity contribution is -0.123. The summed E-state index contributed by atoms with van der Waals surface area (Å²) in [5.41, 5.74) is 5.17. The van der Waals surface area contributed by atoms with Gasteiger partial charge >= 0.3 is 0 Å². The minimum atomic E-state index is -0.345. The van der Waals surface area contributed by atoms with Gasteiger partial charge in [-0.05, 0) is 61.2 Å². The van der Waals surface area contributed by atoms with Crippen molar-refractivity contribution in [2.24, 2.45) is 0 Å². The first-order valence-electron chi connectivity index (χ1n) is 8.47. The molecule has 2 aliphatic rings. The summed E-state index contributed by atoms with van der Waals surface area (Å²) in [5, 5.41) is 3.58. The summed E-state index contributed by atoms with van der Waals surface area (Å²) in [6.45, 7) is 0. The van der Waals surface area contributed by atoms with Gasteiger partial charge in [-0.25, -0.2) is 0 Å². The number of thiocarbonyl (C=S) groups is 1. The molecule has 0 spiro atoms. The molecule has 4 nitrogen and oxygen atoms in total. The smallest absolute Gasteiger partial charge is 0.267 e. The molecule has 138 valence electrons. The van der Waals surface area contributed by atoms with Crippen LogP contribution in [0.2, 0.25) is 5.02 Å². The highest BCUT2D eigenvalue weighted by Gasteiger charge is 2.34. The van der Waals surface area contributed by atoms with E-state index >= 15 is 0 Å². The number of hydrogen-bond acceptors (Lipinski definition) is 5. The van der Waals surface area contributed by atoms with E-state index in [1.165, 1.54) is 4.88 Å². The molecule has 1 aromatic carbocycles. The lowest BCUT2D eigenvalue weighted by Crippen LogP contribution is -2.45. The molecule has 2 aromatic rings. The summed E-state index contributed by atoms with van der Waals surface area (Å²) in [6, 6.07) is 7.26. The van der Waals surface area contributed by atoms with Crippen LogP contribution in [0.5, 0.6) is 0 Å². The molecule has 0 saturated carbocycles. The number of nitrogens with one attached hydrogen (secondary N) is 1. The average Bonchev–Trinajstić information content (AvgIpc) is 3.20. The van der Waals surface area contributed by atoms with Crippen LogP contribution in [0.3, 0.4) is 0 Å². The van der Waals surface area contributed by atoms with E-state index in [1.54, 1.807) is 23.5 Å². The van der Waals surface area contributed by atoms with Crippen LogP contribution in [0.4, 0.5) is 0 Å². The molecule has 1 aliphatic carbocycles. The van der Waals surface area contributed by atoms with Crippen LogP contribution in [0.15, 0.2) is 34.6 Å². The van der Waals surface area contributed by atoms with Gasteiger partial charge in [0.1, 0.15) is 0 Å². The Morgan fingerprint density at radius 2 is 2.04 bits per heavy atom. The van der Waals surface area contributed by atoms with Crippen LogP contribution in [0.25, 0.3) is 6.08 Å². The van der Waals surface area contributed by atoms with Crippen molar-refractivity contribution >= 4 is 69.1 Å². The SMILES string of the molecule is O=C(NN1C(=O)/C(=C\c2ccccc2Cl)SC1=S)c1csc2c1CCCC2. The van der Waals surface area contributed by atoms with Crippen molar-refractivity contribution in [2.45, 2.75) is 25.7 Å². The maximum atomic E-state index is 12.7. The largest absolute Gasteiger partial charge is 0.285 e. The number of carbonyl (C=O) groups is 2. The Labute approximate surface area is 175 Å². The number of hydrogen-bond donors (Lipinski definition) is 1. The van der Waals surface area contributed by atoms with Crippen LogP contribution in [0.1, 0.15) is 39.2 Å². The summed E-state index contributed by atoms with van der Waals surface area (Å²) in [7, 11) is 0. The van der Waals surface area contributed by atoms with E-state index in [4.69, 9.17) is 23.8 Å². The van der Waals surface area contributed by atoms with Crippen molar-refractivity contribution in [3.8, 4) is 0 Å². The van der Waals surface area contributed by atoms with Gasteiger partial charge in [0.2, 0.25) is 0 Å². The molecule has 0 radical (unpaired) electrons. The molecule has 2 amide bonds. The Hall–Kier alpha value is -1.67. The second kappa shape index (κ2) is 7.75. The number of nitrogens with zero attached hydrogens (tertiary/aromatic N) is 1. The normalized spacial score (nSPS) is 18.1. The number of fused-ring (bicyclic) bond motifs is 1. The molecule has 0 atom stereocenters. The van der Waals surface area contributed by atoms with Gasteiger partial charge in [-0.3, -0.25) is 15.0 Å². The summed E-state index contributed by atoms with van der Waals surface area (Å²) in [6.07, 6.45) is 5.88. The van der Waals surface area contributed by atoms with Crippen molar-refractivity contribution in [1.29, 1.82) is 0 Å². The Morgan fingerprint density at radius 1 is 1.26 bits per heavy atom. The number of rotatable bonds is 3. The quantitative estimate of drug-likeness (QED) is 0.555. The fourth-order valence-electron chi connectivity index (χ4n) is 3.14. The summed E-state index contributed by atoms with van der Waals surface area (Å²) in [4.78, 5) is 27.2. The van der Waals surface area contributed by atoms with E-state index in [1.807, 2.05) is 23.6 Å². The van der Waals surface area contributed by atoms with E-state index in [2.05, 4.69) is 5.43 Å². The van der Waals surface area contributed by atoms with Gasteiger partial charge in [0.05, 0.1) is 10.5 Å². The summed E-state index contributed by atoms with van der Waals surface area (Å²) in [5.74, 6) is -0.632. The number of thiophene rings is 1. The highest BCUT2D eigenvalue weighted by Crippen LogP contribution is 2.34. The molecule has 0 bridgehead atoms. The predicted molar refractivity (Wildman–Crippen MR) is 115 cm³/mol. The molecule has 0 unspecified atom stereocenters. The zero-order valence-corrected chi connectivity index (χ0v) is 17.4. The van der Waals surface area contributed by atoms with E-state index in [0.717, 1.165) is 53.6 Å². The molecular weight excluding hydrogens is 420 g/mol. The molecule has 1 aromatic heterocycles. The molecule has 1 aliphatic heterocycles. The van der Waals surface area contributed by atoms with Gasteiger partial charge < -0.3 is 0 Å². The molecule has 27 heavy (non-hydrogen) atoms. The molecule has 8 heteroatoms. The van der Waals surface area contributed by atoms with Crippen LogP contribution in [-0.2, 0) is 17.6 Å². The standard InChI is InChI=1S/C19H15ClN2O2S3/c20-14-7-3-1-5-11(14)9-16-18(24)22(19(25)27-16)21-17(23)13-10-26-15-8-4-2-6-12(13)15/h1,3,5,7,9-10H,2,4,6,8H2,(H,21,23)/b16-9+. The fourth-order valence-corrected chi connectivity index (χ4v) is 5.63. The van der Waals surface area contributed by atoms with Crippen LogP contribution >= 0.6 is 46.9 Å². The van der Waals surface area contributed by atoms with Gasteiger partial charge in [-0.15, -0.1) is 11.3 Å². The first kappa shape index (κ1) is 18.7. The Morgan fingerprint density at radius 3 is 2.85 bits per heavy atom. The summed E-state index contributed by atoms with van der Waals surface area (Å²) >= 11 is 14.2.